The van der Waals surface area contributed by atoms with Crippen molar-refractivity contribution >= 4 is 17.5 Å². The topological polar surface area (TPSA) is 74.8 Å². The van der Waals surface area contributed by atoms with Crippen LogP contribution in [0.4, 0.5) is 0 Å². The van der Waals surface area contributed by atoms with E-state index in [2.05, 4.69) is 20.2 Å². The molecule has 6 nitrogen and oxygen atoms in total. The lowest BCUT2D eigenvalue weighted by Gasteiger charge is -2.15. The van der Waals surface area contributed by atoms with E-state index in [-0.39, 0.29) is 5.91 Å². The van der Waals surface area contributed by atoms with Gasteiger partial charge in [-0.05, 0) is 6.07 Å². The average molecular weight is 252 g/mol. The van der Waals surface area contributed by atoms with Crippen molar-refractivity contribution in [3.63, 3.8) is 0 Å². The molecule has 0 fully saturated rings. The second kappa shape index (κ2) is 4.92. The van der Waals surface area contributed by atoms with Crippen LogP contribution in [-0.4, -0.2) is 38.0 Å². The Morgan fingerprint density at radius 2 is 2.41 bits per heavy atom. The van der Waals surface area contributed by atoms with Crippen molar-refractivity contribution in [3.8, 4) is 0 Å². The number of halogens is 1. The maximum atomic E-state index is 12.0. The Bertz CT molecular complexity index is 513. The fourth-order valence-corrected chi connectivity index (χ4v) is 1.53. The minimum Gasteiger partial charge on any atom is -0.334 e. The largest absolute Gasteiger partial charge is 0.334 e. The van der Waals surface area contributed by atoms with E-state index in [4.69, 9.17) is 11.6 Å². The van der Waals surface area contributed by atoms with Gasteiger partial charge in [0.25, 0.3) is 5.91 Å². The molecule has 7 heteroatoms. The van der Waals surface area contributed by atoms with Crippen LogP contribution in [0.15, 0.2) is 24.8 Å². The van der Waals surface area contributed by atoms with Crippen molar-refractivity contribution in [2.45, 2.75) is 6.54 Å². The summed E-state index contributed by atoms with van der Waals surface area (Å²) >= 11 is 5.92. The van der Waals surface area contributed by atoms with Crippen LogP contribution < -0.4 is 0 Å². The normalized spacial score (nSPS) is 10.2. The first-order valence-corrected chi connectivity index (χ1v) is 5.25. The van der Waals surface area contributed by atoms with Crippen LogP contribution in [0.1, 0.15) is 16.2 Å². The first-order valence-electron chi connectivity index (χ1n) is 4.87. The zero-order chi connectivity index (χ0) is 12.3. The van der Waals surface area contributed by atoms with E-state index >= 15 is 0 Å². The molecule has 0 aromatic carbocycles. The van der Waals surface area contributed by atoms with E-state index in [0.29, 0.717) is 23.0 Å². The second-order valence-corrected chi connectivity index (χ2v) is 3.86. The Morgan fingerprint density at radius 1 is 1.59 bits per heavy atom. The molecule has 0 bridgehead atoms. The minimum absolute atomic E-state index is 0.209. The highest BCUT2D eigenvalue weighted by Crippen LogP contribution is 2.15. The third-order valence-electron chi connectivity index (χ3n) is 2.20. The molecule has 2 rings (SSSR count). The number of hydrogen-bond donors (Lipinski definition) is 1. The third kappa shape index (κ3) is 2.59. The van der Waals surface area contributed by atoms with E-state index in [1.807, 2.05) is 0 Å². The molecule has 1 N–H and O–H groups in total. The molecule has 2 aromatic heterocycles. The van der Waals surface area contributed by atoms with Crippen molar-refractivity contribution in [2.24, 2.45) is 0 Å². The van der Waals surface area contributed by atoms with Gasteiger partial charge in [-0.15, -0.1) is 0 Å². The van der Waals surface area contributed by atoms with Gasteiger partial charge in [-0.3, -0.25) is 14.9 Å². The number of carbonyl (C=O) groups excluding carboxylic acids is 1. The number of aromatic amines is 1. The number of hydrogen-bond acceptors (Lipinski definition) is 4. The Labute approximate surface area is 103 Å². The molecular formula is C10H10ClN5O. The predicted molar refractivity (Wildman–Crippen MR) is 61.4 cm³/mol. The highest BCUT2D eigenvalue weighted by atomic mass is 35.5. The van der Waals surface area contributed by atoms with Crippen LogP contribution in [0.5, 0.6) is 0 Å². The summed E-state index contributed by atoms with van der Waals surface area (Å²) in [6.07, 6.45) is 4.38. The highest BCUT2D eigenvalue weighted by molar-refractivity contribution is 6.33. The van der Waals surface area contributed by atoms with Crippen LogP contribution in [0.2, 0.25) is 5.02 Å². The lowest BCUT2D eigenvalue weighted by molar-refractivity contribution is 0.0781. The summed E-state index contributed by atoms with van der Waals surface area (Å²) in [6.45, 7) is 0.337. The maximum absolute atomic E-state index is 12.0. The average Bonchev–Trinajstić information content (AvgIpc) is 2.81. The molecule has 0 unspecified atom stereocenters. The number of pyridine rings is 1. The standard InChI is InChI=1S/C10H10ClN5O/c1-16(5-9-13-6-14-15-9)10(17)7-4-12-3-2-8(7)11/h2-4,6H,5H2,1H3,(H,13,14,15). The Kier molecular flexibility index (Phi) is 3.34. The van der Waals surface area contributed by atoms with E-state index in [0.717, 1.165) is 0 Å². The monoisotopic (exact) mass is 251 g/mol. The van der Waals surface area contributed by atoms with Crippen LogP contribution in [0, 0.1) is 0 Å². The van der Waals surface area contributed by atoms with Gasteiger partial charge in [0.2, 0.25) is 0 Å². The van der Waals surface area contributed by atoms with Crippen molar-refractivity contribution in [1.29, 1.82) is 0 Å². The molecule has 2 aromatic rings. The summed E-state index contributed by atoms with van der Waals surface area (Å²) < 4.78 is 0. The number of nitrogens with zero attached hydrogens (tertiary/aromatic N) is 4. The SMILES string of the molecule is CN(Cc1ncn[nH]1)C(=O)c1cnccc1Cl. The van der Waals surface area contributed by atoms with E-state index < -0.39 is 0 Å². The number of nitrogens with one attached hydrogen (secondary N) is 1. The van der Waals surface area contributed by atoms with Crippen molar-refractivity contribution < 1.29 is 4.79 Å². The highest BCUT2D eigenvalue weighted by Gasteiger charge is 2.16. The second-order valence-electron chi connectivity index (χ2n) is 3.45. The van der Waals surface area contributed by atoms with Gasteiger partial charge in [0.05, 0.1) is 17.1 Å². The number of amides is 1. The molecule has 0 spiro atoms. The van der Waals surface area contributed by atoms with E-state index in [9.17, 15) is 4.79 Å². The zero-order valence-corrected chi connectivity index (χ0v) is 9.85. The molecule has 0 aliphatic carbocycles. The molecule has 2 heterocycles. The number of carbonyl (C=O) groups is 1. The van der Waals surface area contributed by atoms with Gasteiger partial charge >= 0.3 is 0 Å². The van der Waals surface area contributed by atoms with Gasteiger partial charge in [0.15, 0.2) is 0 Å². The first-order chi connectivity index (χ1) is 8.18. The number of rotatable bonds is 3. The Morgan fingerprint density at radius 3 is 3.06 bits per heavy atom. The van der Waals surface area contributed by atoms with Gasteiger partial charge < -0.3 is 4.90 Å². The van der Waals surface area contributed by atoms with Gasteiger partial charge in [-0.25, -0.2) is 4.98 Å². The molecule has 0 saturated heterocycles. The fourth-order valence-electron chi connectivity index (χ4n) is 1.34. The van der Waals surface area contributed by atoms with Crippen LogP contribution in [0.25, 0.3) is 0 Å². The quantitative estimate of drug-likeness (QED) is 0.887. The van der Waals surface area contributed by atoms with Crippen LogP contribution in [-0.2, 0) is 6.54 Å². The van der Waals surface area contributed by atoms with Crippen molar-refractivity contribution in [2.75, 3.05) is 7.05 Å². The maximum Gasteiger partial charge on any atom is 0.257 e. The minimum atomic E-state index is -0.209. The zero-order valence-electron chi connectivity index (χ0n) is 9.09. The van der Waals surface area contributed by atoms with Crippen molar-refractivity contribution in [1.82, 2.24) is 25.1 Å². The summed E-state index contributed by atoms with van der Waals surface area (Å²) in [5.74, 6) is 0.403. The van der Waals surface area contributed by atoms with Gasteiger partial charge in [0.1, 0.15) is 12.2 Å². The molecule has 0 saturated carbocycles. The van der Waals surface area contributed by atoms with Gasteiger partial charge in [-0.2, -0.15) is 5.10 Å². The third-order valence-corrected chi connectivity index (χ3v) is 2.53. The summed E-state index contributed by atoms with van der Waals surface area (Å²) in [5.41, 5.74) is 0.371. The number of H-pyrrole nitrogens is 1. The van der Waals surface area contributed by atoms with Crippen molar-refractivity contribution in [3.05, 3.63) is 41.2 Å². The molecular weight excluding hydrogens is 242 g/mol. The molecule has 0 aliphatic heterocycles. The number of aromatic nitrogens is 4. The van der Waals surface area contributed by atoms with Gasteiger partial charge in [-0.1, -0.05) is 11.6 Å². The summed E-state index contributed by atoms with van der Waals surface area (Å²) in [6, 6.07) is 1.58. The predicted octanol–water partition coefficient (Wildman–Crippen LogP) is 1.13. The summed E-state index contributed by atoms with van der Waals surface area (Å²) in [4.78, 5) is 21.3. The Balaban J connectivity index is 2.13. The molecule has 0 aliphatic rings. The summed E-state index contributed by atoms with van der Waals surface area (Å²) in [7, 11) is 1.66. The molecule has 0 atom stereocenters. The lowest BCUT2D eigenvalue weighted by atomic mass is 10.2. The molecule has 88 valence electrons. The van der Waals surface area contributed by atoms with E-state index in [1.165, 1.54) is 23.6 Å². The van der Waals surface area contributed by atoms with Gasteiger partial charge in [0, 0.05) is 19.4 Å². The Hall–Kier alpha value is -1.95. The molecule has 1 amide bonds. The first kappa shape index (κ1) is 11.5. The lowest BCUT2D eigenvalue weighted by Crippen LogP contribution is -2.27. The smallest absolute Gasteiger partial charge is 0.257 e. The fraction of sp³-hybridized carbons (Fsp3) is 0.200. The van der Waals surface area contributed by atoms with E-state index in [1.54, 1.807) is 13.1 Å². The molecule has 17 heavy (non-hydrogen) atoms. The van der Waals surface area contributed by atoms with Crippen LogP contribution >= 0.6 is 11.6 Å². The van der Waals surface area contributed by atoms with Crippen LogP contribution in [0.3, 0.4) is 0 Å². The molecule has 0 radical (unpaired) electrons. The summed E-state index contributed by atoms with van der Waals surface area (Å²) in [5, 5.41) is 6.78.